The van der Waals surface area contributed by atoms with E-state index in [1.807, 2.05) is 12.1 Å². The van der Waals surface area contributed by atoms with Crippen molar-refractivity contribution in [3.05, 3.63) is 57.4 Å². The molecule has 102 valence electrons. The number of halogens is 1. The maximum atomic E-state index is 6.43. The first-order chi connectivity index (χ1) is 9.10. The highest BCUT2D eigenvalue weighted by Gasteiger charge is 2.27. The predicted octanol–water partition coefficient (Wildman–Crippen LogP) is 5.39. The zero-order valence-electron chi connectivity index (χ0n) is 12.2. The topological polar surface area (TPSA) is 12.0 Å². The Labute approximate surface area is 121 Å². The third-order valence-corrected chi connectivity index (χ3v) is 4.36. The molecule has 1 aliphatic rings. The molecule has 1 aliphatic heterocycles. The molecule has 1 N–H and O–H groups in total. The summed E-state index contributed by atoms with van der Waals surface area (Å²) < 4.78 is 0. The van der Waals surface area contributed by atoms with Crippen LogP contribution in [0.4, 0.5) is 0 Å². The molecule has 1 nitrogen and oxygen atoms in total. The normalized spacial score (nSPS) is 16.9. The van der Waals surface area contributed by atoms with Crippen molar-refractivity contribution in [3.63, 3.8) is 0 Å². The molecule has 0 radical (unpaired) electrons. The van der Waals surface area contributed by atoms with E-state index in [1.54, 1.807) is 0 Å². The van der Waals surface area contributed by atoms with Crippen molar-refractivity contribution in [2.75, 3.05) is 0 Å². The van der Waals surface area contributed by atoms with Crippen molar-refractivity contribution in [2.24, 2.45) is 0 Å². The second-order valence-electron chi connectivity index (χ2n) is 5.09. The maximum Gasteiger partial charge on any atom is 0.0447 e. The second kappa shape index (κ2) is 5.83. The minimum Gasteiger partial charge on any atom is -0.363 e. The van der Waals surface area contributed by atoms with E-state index in [2.05, 4.69) is 45.1 Å². The van der Waals surface area contributed by atoms with Crippen molar-refractivity contribution < 1.29 is 0 Å². The highest BCUT2D eigenvalue weighted by Crippen LogP contribution is 2.42. The smallest absolute Gasteiger partial charge is 0.0447 e. The first kappa shape index (κ1) is 14.2. The summed E-state index contributed by atoms with van der Waals surface area (Å²) >= 11 is 6.43. The molecule has 1 aromatic rings. The molecule has 0 atom stereocenters. The SMILES string of the molecule is CCC1=C(C)NC(C)=C(CC)C1c1ccccc1Cl. The summed E-state index contributed by atoms with van der Waals surface area (Å²) in [5.74, 6) is 0.338. The number of hydrogen-bond donors (Lipinski definition) is 1. The van der Waals surface area contributed by atoms with Crippen LogP contribution in [0.15, 0.2) is 46.8 Å². The van der Waals surface area contributed by atoms with Crippen LogP contribution >= 0.6 is 11.6 Å². The zero-order valence-corrected chi connectivity index (χ0v) is 12.9. The Morgan fingerprint density at radius 1 is 1.00 bits per heavy atom. The molecule has 2 rings (SSSR count). The van der Waals surface area contributed by atoms with Gasteiger partial charge in [0.1, 0.15) is 0 Å². The van der Waals surface area contributed by atoms with Gasteiger partial charge in [0.25, 0.3) is 0 Å². The standard InChI is InChI=1S/C17H22ClN/c1-5-13-11(3)19-12(4)14(6-2)17(13)15-9-7-8-10-16(15)18/h7-10,17,19H,5-6H2,1-4H3. The van der Waals surface area contributed by atoms with Crippen molar-refractivity contribution >= 4 is 11.6 Å². The largest absolute Gasteiger partial charge is 0.363 e. The average molecular weight is 276 g/mol. The Kier molecular flexibility index (Phi) is 4.36. The van der Waals surface area contributed by atoms with E-state index in [0.717, 1.165) is 17.9 Å². The molecule has 0 saturated heterocycles. The summed E-state index contributed by atoms with van der Waals surface area (Å²) in [5.41, 5.74) is 6.70. The van der Waals surface area contributed by atoms with Gasteiger partial charge in [-0.2, -0.15) is 0 Å². The van der Waals surface area contributed by atoms with Gasteiger partial charge in [-0.15, -0.1) is 0 Å². The molecular formula is C17H22ClN. The molecule has 19 heavy (non-hydrogen) atoms. The van der Waals surface area contributed by atoms with E-state index < -0.39 is 0 Å². The number of nitrogens with one attached hydrogen (secondary N) is 1. The van der Waals surface area contributed by atoms with Crippen LogP contribution in [0.5, 0.6) is 0 Å². The number of hydrogen-bond acceptors (Lipinski definition) is 1. The second-order valence-corrected chi connectivity index (χ2v) is 5.49. The summed E-state index contributed by atoms with van der Waals surface area (Å²) in [6.45, 7) is 8.77. The van der Waals surface area contributed by atoms with E-state index >= 15 is 0 Å². The fourth-order valence-electron chi connectivity index (χ4n) is 3.11. The van der Waals surface area contributed by atoms with E-state index in [1.165, 1.54) is 28.1 Å². The van der Waals surface area contributed by atoms with E-state index in [4.69, 9.17) is 11.6 Å². The first-order valence-corrected chi connectivity index (χ1v) is 7.38. The summed E-state index contributed by atoms with van der Waals surface area (Å²) in [7, 11) is 0. The molecule has 0 saturated carbocycles. The van der Waals surface area contributed by atoms with Gasteiger partial charge >= 0.3 is 0 Å². The molecule has 2 heteroatoms. The molecule has 0 bridgehead atoms. The lowest BCUT2D eigenvalue weighted by atomic mass is 9.78. The molecule has 0 aliphatic carbocycles. The van der Waals surface area contributed by atoms with Crippen LogP contribution in [-0.2, 0) is 0 Å². The van der Waals surface area contributed by atoms with Gasteiger partial charge in [0, 0.05) is 22.3 Å². The van der Waals surface area contributed by atoms with Crippen LogP contribution in [0.2, 0.25) is 5.02 Å². The number of benzene rings is 1. The summed E-state index contributed by atoms with van der Waals surface area (Å²) in [4.78, 5) is 0. The van der Waals surface area contributed by atoms with Crippen molar-refractivity contribution in [2.45, 2.75) is 46.5 Å². The minimum absolute atomic E-state index is 0.338. The van der Waals surface area contributed by atoms with E-state index in [9.17, 15) is 0 Å². The quantitative estimate of drug-likeness (QED) is 0.779. The van der Waals surface area contributed by atoms with Crippen molar-refractivity contribution in [3.8, 4) is 0 Å². The Balaban J connectivity index is 2.60. The van der Waals surface area contributed by atoms with Crippen LogP contribution in [0.1, 0.15) is 52.0 Å². The third kappa shape index (κ3) is 2.57. The Morgan fingerprint density at radius 2 is 1.53 bits per heavy atom. The fourth-order valence-corrected chi connectivity index (χ4v) is 3.35. The van der Waals surface area contributed by atoms with Gasteiger partial charge in [0.2, 0.25) is 0 Å². The third-order valence-electron chi connectivity index (χ3n) is 4.01. The Morgan fingerprint density at radius 3 is 2.00 bits per heavy atom. The van der Waals surface area contributed by atoms with E-state index in [-0.39, 0.29) is 0 Å². The van der Waals surface area contributed by atoms with Gasteiger partial charge in [-0.3, -0.25) is 0 Å². The number of allylic oxidation sites excluding steroid dienone is 4. The van der Waals surface area contributed by atoms with Gasteiger partial charge in [-0.05, 0) is 49.5 Å². The summed E-state index contributed by atoms with van der Waals surface area (Å²) in [5, 5.41) is 4.38. The first-order valence-electron chi connectivity index (χ1n) is 7.00. The molecule has 0 fully saturated rings. The predicted molar refractivity (Wildman–Crippen MR) is 83.3 cm³/mol. The molecule has 0 unspecified atom stereocenters. The van der Waals surface area contributed by atoms with Gasteiger partial charge < -0.3 is 5.32 Å². The van der Waals surface area contributed by atoms with Gasteiger partial charge in [-0.25, -0.2) is 0 Å². The molecule has 0 amide bonds. The van der Waals surface area contributed by atoms with Crippen molar-refractivity contribution in [1.29, 1.82) is 0 Å². The van der Waals surface area contributed by atoms with Gasteiger partial charge in [0.15, 0.2) is 0 Å². The molecule has 1 aromatic carbocycles. The van der Waals surface area contributed by atoms with Crippen LogP contribution in [0.3, 0.4) is 0 Å². The number of rotatable bonds is 3. The van der Waals surface area contributed by atoms with Crippen molar-refractivity contribution in [1.82, 2.24) is 5.32 Å². The highest BCUT2D eigenvalue weighted by atomic mass is 35.5. The van der Waals surface area contributed by atoms with Crippen LogP contribution in [0, 0.1) is 0 Å². The highest BCUT2D eigenvalue weighted by molar-refractivity contribution is 6.31. The summed E-state index contributed by atoms with van der Waals surface area (Å²) in [6.07, 6.45) is 2.09. The lowest BCUT2D eigenvalue weighted by Crippen LogP contribution is -2.24. The van der Waals surface area contributed by atoms with Crippen LogP contribution < -0.4 is 5.32 Å². The minimum atomic E-state index is 0.338. The lowest BCUT2D eigenvalue weighted by Gasteiger charge is -2.32. The maximum absolute atomic E-state index is 6.43. The zero-order chi connectivity index (χ0) is 14.0. The number of dihydropyridines is 1. The molecule has 0 aromatic heterocycles. The van der Waals surface area contributed by atoms with E-state index in [0.29, 0.717) is 5.92 Å². The molecular weight excluding hydrogens is 254 g/mol. The summed E-state index contributed by atoms with van der Waals surface area (Å²) in [6, 6.07) is 8.22. The molecule has 0 spiro atoms. The van der Waals surface area contributed by atoms with Gasteiger partial charge in [0.05, 0.1) is 0 Å². The fraction of sp³-hybridized carbons (Fsp3) is 0.412. The van der Waals surface area contributed by atoms with Crippen LogP contribution in [-0.4, -0.2) is 0 Å². The molecule has 1 heterocycles. The Hall–Kier alpha value is -1.21. The lowest BCUT2D eigenvalue weighted by molar-refractivity contribution is 0.715. The monoisotopic (exact) mass is 275 g/mol. The van der Waals surface area contributed by atoms with Crippen LogP contribution in [0.25, 0.3) is 0 Å². The van der Waals surface area contributed by atoms with Gasteiger partial charge in [-0.1, -0.05) is 43.6 Å². The Bertz CT molecular complexity index is 514. The average Bonchev–Trinajstić information content (AvgIpc) is 2.38.